The van der Waals surface area contributed by atoms with Crippen LogP contribution in [0.25, 0.3) is 5.84 Å². The zero-order chi connectivity index (χ0) is 5.86. The fraction of sp³-hybridized carbons (Fsp3) is 0. The lowest BCUT2D eigenvalue weighted by atomic mass is 12.4. The Morgan fingerprint density at radius 2 is 2.00 bits per heavy atom. The monoisotopic (exact) mass is 109 g/mol. The van der Waals surface area contributed by atoms with Crippen molar-refractivity contribution in [3.8, 4) is 0 Å². The molecule has 0 spiro atoms. The van der Waals surface area contributed by atoms with Crippen molar-refractivity contribution in [2.24, 2.45) is 11.7 Å². The Kier molecular flexibility index (Phi) is 2.71. The van der Waals surface area contributed by atoms with E-state index in [-0.39, 0.29) is 0 Å². The van der Waals surface area contributed by atoms with Gasteiger partial charge in [-0.15, -0.1) is 11.1 Å². The third-order valence-corrected chi connectivity index (χ3v) is 0.211. The van der Waals surface area contributed by atoms with Crippen LogP contribution in [0, 0.1) is 5.21 Å². The number of nitrogens with one attached hydrogen (secondary N) is 3. The second-order valence-electron chi connectivity index (χ2n) is 0.785. The summed E-state index contributed by atoms with van der Waals surface area (Å²) in [7, 11) is 0. The standard InChI is InChI=1S/H7N5O2/c1-4(2)7-5(3)6/h1,4-5H,2-3H2. The van der Waals surface area contributed by atoms with Crippen LogP contribution in [0.1, 0.15) is 0 Å². The van der Waals surface area contributed by atoms with E-state index in [1.54, 1.807) is 0 Å². The van der Waals surface area contributed by atoms with Gasteiger partial charge in [0, 0.05) is 4.94 Å². The van der Waals surface area contributed by atoms with Crippen molar-refractivity contribution >= 4 is 0 Å². The van der Waals surface area contributed by atoms with Gasteiger partial charge < -0.3 is 11.0 Å². The Labute approximate surface area is 39.6 Å². The van der Waals surface area contributed by atoms with E-state index in [9.17, 15) is 5.21 Å². The molecular formula is H7N5O2. The van der Waals surface area contributed by atoms with Crippen LogP contribution >= 0.6 is 0 Å². The topological polar surface area (TPSA) is 117 Å². The Morgan fingerprint density at radius 1 is 1.57 bits per heavy atom. The third kappa shape index (κ3) is 5.72. The molecule has 0 saturated carbocycles. The minimum Gasteiger partial charge on any atom is -0.575 e. The molecule has 0 aromatic carbocycles. The van der Waals surface area contributed by atoms with Crippen LogP contribution in [-0.2, 0) is 4.94 Å². The molecule has 0 radical (unpaired) electrons. The maximum Gasteiger partial charge on any atom is 0.0217 e. The lowest BCUT2D eigenvalue weighted by Gasteiger charge is -2.14. The summed E-state index contributed by atoms with van der Waals surface area (Å²) in [6.45, 7) is 0. The van der Waals surface area contributed by atoms with Gasteiger partial charge in [0.1, 0.15) is 0 Å². The van der Waals surface area contributed by atoms with Gasteiger partial charge in [-0.25, -0.2) is 0 Å². The van der Waals surface area contributed by atoms with Gasteiger partial charge in [-0.2, -0.15) is 5.84 Å². The third-order valence-electron chi connectivity index (χ3n) is 0.211. The van der Waals surface area contributed by atoms with Crippen LogP contribution in [0.3, 0.4) is 0 Å². The molecule has 0 aliphatic rings. The van der Waals surface area contributed by atoms with Gasteiger partial charge in [-0.05, 0) is 0 Å². The predicted molar refractivity (Wildman–Crippen MR) is 19.1 cm³/mol. The van der Waals surface area contributed by atoms with Crippen LogP contribution in [0.5, 0.6) is 0 Å². The lowest BCUT2D eigenvalue weighted by Crippen LogP contribution is -3.30. The van der Waals surface area contributed by atoms with Crippen molar-refractivity contribution in [3.63, 3.8) is 0 Å². The molecule has 44 valence electrons. The van der Waals surface area contributed by atoms with E-state index in [0.717, 1.165) is 0 Å². The lowest BCUT2D eigenvalue weighted by molar-refractivity contribution is -1.32. The van der Waals surface area contributed by atoms with E-state index in [4.69, 9.17) is 5.84 Å². The molecule has 2 unspecified atom stereocenters. The molecule has 7 N–H and O–H groups in total. The van der Waals surface area contributed by atoms with Gasteiger partial charge in [0.05, 0.1) is 0 Å². The number of hydrogen-bond donors (Lipinski definition) is 4. The number of rotatable bonds is 2. The Hall–Kier alpha value is -0.280. The average Bonchev–Trinajstić information content (AvgIpc) is 1.27. The van der Waals surface area contributed by atoms with Crippen LogP contribution in [0.4, 0.5) is 0 Å². The quantitative estimate of drug-likeness (QED) is 0.212. The Bertz CT molecular complexity index is 35.3. The zero-order valence-corrected chi connectivity index (χ0v) is 3.47. The molecule has 0 amide bonds. The summed E-state index contributed by atoms with van der Waals surface area (Å²) in [5.74, 6) is 15.2. The second kappa shape index (κ2) is 2.82. The fourth-order valence-electron chi connectivity index (χ4n) is 0.108. The van der Waals surface area contributed by atoms with Gasteiger partial charge in [0.2, 0.25) is 0 Å². The van der Waals surface area contributed by atoms with Crippen LogP contribution < -0.4 is 22.3 Å². The normalized spacial score (nSPS) is 18.9. The predicted octanol–water partition coefficient (Wildman–Crippen LogP) is -4.18. The summed E-state index contributed by atoms with van der Waals surface area (Å²) in [6, 6.07) is 0. The van der Waals surface area contributed by atoms with E-state index in [0.29, 0.717) is 0 Å². The van der Waals surface area contributed by atoms with Gasteiger partial charge in [-0.1, -0.05) is 5.34 Å². The van der Waals surface area contributed by atoms with Gasteiger partial charge in [0.15, 0.2) is 0 Å². The Morgan fingerprint density at radius 3 is 2.00 bits per heavy atom. The van der Waals surface area contributed by atoms with Crippen molar-refractivity contribution in [3.05, 3.63) is 11.0 Å². The molecule has 0 rings (SSSR count). The highest BCUT2D eigenvalue weighted by atomic mass is 17.0. The van der Waals surface area contributed by atoms with Gasteiger partial charge >= 0.3 is 0 Å². The molecule has 0 aromatic heterocycles. The van der Waals surface area contributed by atoms with Gasteiger partial charge in [0.25, 0.3) is 0 Å². The fourth-order valence-corrected chi connectivity index (χ4v) is 0.108. The highest BCUT2D eigenvalue weighted by Gasteiger charge is 1.88. The molecule has 2 atom stereocenters. The summed E-state index contributed by atoms with van der Waals surface area (Å²) >= 11 is 0. The average molecular weight is 109 g/mol. The summed E-state index contributed by atoms with van der Waals surface area (Å²) < 4.78 is 0. The highest BCUT2D eigenvalue weighted by molar-refractivity contribution is 3.79. The smallest absolute Gasteiger partial charge is 0.0217 e. The summed E-state index contributed by atoms with van der Waals surface area (Å²) in [5, 5.41) is 7.84. The summed E-state index contributed by atoms with van der Waals surface area (Å²) in [4.78, 5) is 3.75. The highest BCUT2D eigenvalue weighted by Crippen LogP contribution is 1.16. The molecule has 7 heteroatoms. The zero-order valence-electron chi connectivity index (χ0n) is 3.47. The second-order valence-corrected chi connectivity index (χ2v) is 0.785. The molecule has 7 nitrogen and oxygen atoms in total. The van der Waals surface area contributed by atoms with Crippen LogP contribution in [0.2, 0.25) is 0 Å². The number of quaternary nitrogens is 2. The van der Waals surface area contributed by atoms with Crippen LogP contribution in [-0.4, -0.2) is 0 Å². The first-order valence-corrected chi connectivity index (χ1v) is 1.44. The molecule has 0 aliphatic heterocycles. The van der Waals surface area contributed by atoms with E-state index in [2.05, 4.69) is 16.6 Å². The first-order valence-electron chi connectivity index (χ1n) is 1.44. The summed E-state index contributed by atoms with van der Waals surface area (Å²) in [5.41, 5.74) is 0. The SMILES string of the molecule is [NH-][NH+](N)O[NH+](N)[O-]. The minimum atomic E-state index is -1.06. The van der Waals surface area contributed by atoms with E-state index < -0.39 is 10.6 Å². The van der Waals surface area contributed by atoms with E-state index >= 15 is 0 Å². The number of hydrogen-bond acceptors (Lipinski definition) is 4. The summed E-state index contributed by atoms with van der Waals surface area (Å²) in [6.07, 6.45) is 0. The maximum absolute atomic E-state index is 9.59. The maximum atomic E-state index is 9.59. The van der Waals surface area contributed by atoms with Crippen molar-refractivity contribution in [2.45, 2.75) is 0 Å². The molecular weight excluding hydrogens is 102 g/mol. The van der Waals surface area contributed by atoms with Crippen molar-refractivity contribution in [1.82, 2.24) is 0 Å². The molecule has 0 heterocycles. The van der Waals surface area contributed by atoms with Crippen molar-refractivity contribution in [1.29, 1.82) is 0 Å². The molecule has 0 bridgehead atoms. The molecule has 0 fully saturated rings. The van der Waals surface area contributed by atoms with Crippen molar-refractivity contribution < 1.29 is 15.6 Å². The first kappa shape index (κ1) is 6.72. The molecule has 0 aromatic rings. The first-order chi connectivity index (χ1) is 3.13. The largest absolute Gasteiger partial charge is 0.575 e. The Balaban J connectivity index is 2.95. The van der Waals surface area contributed by atoms with Gasteiger partial charge in [-0.3, -0.25) is 0 Å². The molecule has 0 aliphatic carbocycles. The van der Waals surface area contributed by atoms with E-state index in [1.807, 2.05) is 0 Å². The van der Waals surface area contributed by atoms with E-state index in [1.165, 1.54) is 0 Å². The van der Waals surface area contributed by atoms with Crippen molar-refractivity contribution in [2.75, 3.05) is 0 Å². The number of nitrogens with two attached hydrogens (primary N) is 2. The minimum absolute atomic E-state index is 0.687. The molecule has 0 saturated heterocycles. The molecule has 7 heavy (non-hydrogen) atoms. The van der Waals surface area contributed by atoms with Crippen LogP contribution in [0.15, 0.2) is 0 Å².